The molecule has 0 bridgehead atoms. The lowest BCUT2D eigenvalue weighted by atomic mass is 10.2. The van der Waals surface area contributed by atoms with Gasteiger partial charge in [0.05, 0.1) is 15.1 Å². The van der Waals surface area contributed by atoms with E-state index in [9.17, 15) is 8.42 Å². The van der Waals surface area contributed by atoms with Gasteiger partial charge in [-0.25, -0.2) is 8.42 Å². The van der Waals surface area contributed by atoms with Crippen molar-refractivity contribution in [2.24, 2.45) is 7.05 Å². The van der Waals surface area contributed by atoms with Gasteiger partial charge in [-0.3, -0.25) is 9.40 Å². The number of hydrogen-bond acceptors (Lipinski definition) is 3. The summed E-state index contributed by atoms with van der Waals surface area (Å²) in [4.78, 5) is 0.226. The Kier molecular flexibility index (Phi) is 3.69. The Bertz CT molecular complexity index is 705. The van der Waals surface area contributed by atoms with Crippen LogP contribution in [0.3, 0.4) is 0 Å². The smallest absolute Gasteiger partial charge is 0.263 e. The van der Waals surface area contributed by atoms with Crippen molar-refractivity contribution < 1.29 is 8.42 Å². The van der Waals surface area contributed by atoms with Gasteiger partial charge in [0.2, 0.25) is 0 Å². The van der Waals surface area contributed by atoms with Gasteiger partial charge in [0.1, 0.15) is 0 Å². The van der Waals surface area contributed by atoms with Crippen LogP contribution in [0.1, 0.15) is 11.3 Å². The summed E-state index contributed by atoms with van der Waals surface area (Å²) < 4.78 is 29.2. The van der Waals surface area contributed by atoms with Crippen LogP contribution in [0, 0.1) is 13.8 Å². The van der Waals surface area contributed by atoms with E-state index in [0.29, 0.717) is 10.3 Å². The Morgan fingerprint density at radius 1 is 1.21 bits per heavy atom. The van der Waals surface area contributed by atoms with Gasteiger partial charge in [0.25, 0.3) is 10.0 Å². The first-order valence-electron chi connectivity index (χ1n) is 5.60. The molecule has 19 heavy (non-hydrogen) atoms. The first kappa shape index (κ1) is 14.1. The van der Waals surface area contributed by atoms with Crippen LogP contribution < -0.4 is 4.72 Å². The van der Waals surface area contributed by atoms with Crippen LogP contribution in [-0.2, 0) is 17.1 Å². The van der Waals surface area contributed by atoms with Crippen LogP contribution in [0.4, 0.5) is 5.82 Å². The summed E-state index contributed by atoms with van der Waals surface area (Å²) in [6, 6.07) is 6.68. The van der Waals surface area contributed by atoms with E-state index in [1.165, 1.54) is 4.68 Å². The summed E-state index contributed by atoms with van der Waals surface area (Å²) in [5, 5.41) is 4.15. The van der Waals surface area contributed by atoms with E-state index in [0.717, 1.165) is 11.3 Å². The highest BCUT2D eigenvalue weighted by Gasteiger charge is 2.19. The third-order valence-electron chi connectivity index (χ3n) is 2.71. The van der Waals surface area contributed by atoms with E-state index >= 15 is 0 Å². The van der Waals surface area contributed by atoms with Crippen LogP contribution in [0.25, 0.3) is 0 Å². The first-order chi connectivity index (χ1) is 8.81. The number of hydrogen-bond donors (Lipinski definition) is 1. The quantitative estimate of drug-likeness (QED) is 0.931. The molecule has 0 aliphatic heterocycles. The molecule has 2 aromatic rings. The number of aryl methyl sites for hydroxylation is 3. The second-order valence-corrected chi connectivity index (χ2v) is 6.77. The summed E-state index contributed by atoms with van der Waals surface area (Å²) in [5.74, 6) is 0.415. The van der Waals surface area contributed by atoms with Crippen molar-refractivity contribution in [2.45, 2.75) is 18.7 Å². The summed E-state index contributed by atoms with van der Waals surface area (Å²) in [6.45, 7) is 3.71. The second kappa shape index (κ2) is 4.97. The topological polar surface area (TPSA) is 64.0 Å². The summed E-state index contributed by atoms with van der Waals surface area (Å²) in [5.41, 5.74) is 1.74. The Hall–Kier alpha value is -1.34. The van der Waals surface area contributed by atoms with E-state index in [-0.39, 0.29) is 4.90 Å². The average molecular weight is 344 g/mol. The molecule has 0 fully saturated rings. The second-order valence-electron chi connectivity index (χ2n) is 4.29. The van der Waals surface area contributed by atoms with Gasteiger partial charge < -0.3 is 0 Å². The van der Waals surface area contributed by atoms with Crippen molar-refractivity contribution in [1.82, 2.24) is 9.78 Å². The molecule has 5 nitrogen and oxygen atoms in total. The maximum atomic E-state index is 12.3. The molecule has 1 aromatic heterocycles. The molecular weight excluding hydrogens is 330 g/mol. The maximum absolute atomic E-state index is 12.3. The Morgan fingerprint density at radius 3 is 2.26 bits per heavy atom. The van der Waals surface area contributed by atoms with Crippen molar-refractivity contribution >= 4 is 31.8 Å². The highest BCUT2D eigenvalue weighted by molar-refractivity contribution is 9.10. The van der Waals surface area contributed by atoms with Crippen LogP contribution in [0.2, 0.25) is 0 Å². The number of nitrogens with zero attached hydrogens (tertiary/aromatic N) is 2. The lowest BCUT2D eigenvalue weighted by Gasteiger charge is -2.09. The fraction of sp³-hybridized carbons (Fsp3) is 0.250. The van der Waals surface area contributed by atoms with E-state index in [2.05, 4.69) is 25.8 Å². The number of aromatic nitrogens is 2. The van der Waals surface area contributed by atoms with Crippen LogP contribution in [-0.4, -0.2) is 18.2 Å². The zero-order valence-electron chi connectivity index (χ0n) is 10.8. The Labute approximate surface area is 120 Å². The zero-order valence-corrected chi connectivity index (χ0v) is 13.2. The summed E-state index contributed by atoms with van der Waals surface area (Å²) in [6.07, 6.45) is 0. The molecule has 7 heteroatoms. The first-order valence-corrected chi connectivity index (χ1v) is 7.87. The van der Waals surface area contributed by atoms with Crippen LogP contribution in [0.5, 0.6) is 0 Å². The molecule has 0 atom stereocenters. The van der Waals surface area contributed by atoms with E-state index in [1.54, 1.807) is 38.2 Å². The normalized spacial score (nSPS) is 11.6. The predicted molar refractivity (Wildman–Crippen MR) is 77.6 cm³/mol. The van der Waals surface area contributed by atoms with Gasteiger partial charge in [-0.2, -0.15) is 5.10 Å². The third kappa shape index (κ3) is 2.82. The summed E-state index contributed by atoms with van der Waals surface area (Å²) >= 11 is 3.33. The molecule has 1 N–H and O–H groups in total. The molecule has 0 unspecified atom stereocenters. The molecular formula is C12H14BrN3O2S. The van der Waals surface area contributed by atoms with Crippen molar-refractivity contribution in [3.8, 4) is 0 Å². The van der Waals surface area contributed by atoms with Gasteiger partial charge in [-0.1, -0.05) is 17.7 Å². The summed E-state index contributed by atoms with van der Waals surface area (Å²) in [7, 11) is -1.92. The van der Waals surface area contributed by atoms with Crippen LogP contribution >= 0.6 is 15.9 Å². The molecule has 0 aliphatic carbocycles. The lowest BCUT2D eigenvalue weighted by molar-refractivity contribution is 0.600. The molecule has 1 aromatic carbocycles. The fourth-order valence-corrected chi connectivity index (χ4v) is 3.31. The molecule has 0 spiro atoms. The molecule has 0 saturated heterocycles. The minimum Gasteiger partial charge on any atom is -0.263 e. The molecule has 0 aliphatic rings. The third-order valence-corrected chi connectivity index (χ3v) is 5.02. The van der Waals surface area contributed by atoms with E-state index in [4.69, 9.17) is 0 Å². The molecule has 0 saturated carbocycles. The number of benzene rings is 1. The molecule has 0 radical (unpaired) electrons. The molecule has 102 valence electrons. The predicted octanol–water partition coefficient (Wildman–Crippen LogP) is 2.60. The average Bonchev–Trinajstić information content (AvgIpc) is 2.56. The number of halogens is 1. The monoisotopic (exact) mass is 343 g/mol. The van der Waals surface area contributed by atoms with Crippen molar-refractivity contribution in [3.05, 3.63) is 40.0 Å². The lowest BCUT2D eigenvalue weighted by Crippen LogP contribution is -2.15. The fourth-order valence-electron chi connectivity index (χ4n) is 1.65. The van der Waals surface area contributed by atoms with Crippen molar-refractivity contribution in [3.63, 3.8) is 0 Å². The Balaban J connectivity index is 2.39. The SMILES string of the molecule is Cc1ccc(S(=O)(=O)Nc2c(Br)c(C)nn2C)cc1. The highest BCUT2D eigenvalue weighted by atomic mass is 79.9. The number of sulfonamides is 1. The zero-order chi connectivity index (χ0) is 14.2. The van der Waals surface area contributed by atoms with Crippen molar-refractivity contribution in [1.29, 1.82) is 0 Å². The number of nitrogens with one attached hydrogen (secondary N) is 1. The van der Waals surface area contributed by atoms with E-state index < -0.39 is 10.0 Å². The highest BCUT2D eigenvalue weighted by Crippen LogP contribution is 2.27. The van der Waals surface area contributed by atoms with E-state index in [1.807, 2.05) is 6.92 Å². The standard InChI is InChI=1S/C12H14BrN3O2S/c1-8-4-6-10(7-5-8)19(17,18)15-12-11(13)9(2)14-16(12)3/h4-7,15H,1-3H3. The number of anilines is 1. The Morgan fingerprint density at radius 2 is 1.79 bits per heavy atom. The largest absolute Gasteiger partial charge is 0.263 e. The van der Waals surface area contributed by atoms with Gasteiger partial charge in [0.15, 0.2) is 5.82 Å². The van der Waals surface area contributed by atoms with Crippen LogP contribution in [0.15, 0.2) is 33.6 Å². The van der Waals surface area contributed by atoms with Gasteiger partial charge >= 0.3 is 0 Å². The maximum Gasteiger partial charge on any atom is 0.263 e. The minimum absolute atomic E-state index is 0.226. The minimum atomic E-state index is -3.60. The van der Waals surface area contributed by atoms with Gasteiger partial charge in [0, 0.05) is 7.05 Å². The molecule has 2 rings (SSSR count). The van der Waals surface area contributed by atoms with Crippen molar-refractivity contribution in [2.75, 3.05) is 4.72 Å². The number of rotatable bonds is 3. The molecule has 1 heterocycles. The van der Waals surface area contributed by atoms with Gasteiger partial charge in [-0.15, -0.1) is 0 Å². The molecule has 0 amide bonds. The van der Waals surface area contributed by atoms with Gasteiger partial charge in [-0.05, 0) is 41.9 Å².